The third-order valence-electron chi connectivity index (χ3n) is 3.95. The molecule has 1 heterocycles. The third-order valence-corrected chi connectivity index (χ3v) is 5.14. The molecule has 0 bridgehead atoms. The van der Waals surface area contributed by atoms with E-state index >= 15 is 0 Å². The van der Waals surface area contributed by atoms with Crippen molar-refractivity contribution in [3.63, 3.8) is 0 Å². The van der Waals surface area contributed by atoms with E-state index in [0.717, 1.165) is 5.56 Å². The number of imide groups is 1. The Labute approximate surface area is 180 Å². The molecule has 2 amide bonds. The molecule has 0 aliphatic carbocycles. The first kappa shape index (κ1) is 20.7. The summed E-state index contributed by atoms with van der Waals surface area (Å²) in [4.78, 5) is 23.2. The number of amides is 2. The van der Waals surface area contributed by atoms with E-state index in [1.165, 1.54) is 0 Å². The Kier molecular flexibility index (Phi) is 6.65. The quantitative estimate of drug-likeness (QED) is 0.454. The molecule has 0 spiro atoms. The minimum Gasteiger partial charge on any atom is -0.489 e. The maximum atomic E-state index is 11.8. The van der Waals surface area contributed by atoms with Crippen molar-refractivity contribution < 1.29 is 19.1 Å². The molecule has 0 atom stereocenters. The van der Waals surface area contributed by atoms with Crippen molar-refractivity contribution in [1.29, 1.82) is 0 Å². The lowest BCUT2D eigenvalue weighted by Gasteiger charge is -2.15. The molecule has 1 aliphatic rings. The Morgan fingerprint density at radius 3 is 2.64 bits per heavy atom. The van der Waals surface area contributed by atoms with Gasteiger partial charge in [0.1, 0.15) is 6.61 Å². The number of hydrogen-bond acceptors (Lipinski definition) is 4. The summed E-state index contributed by atoms with van der Waals surface area (Å²) in [6.07, 6.45) is 1.71. The van der Waals surface area contributed by atoms with Gasteiger partial charge in [-0.1, -0.05) is 23.2 Å². The molecule has 1 aliphatic heterocycles. The largest absolute Gasteiger partial charge is 0.489 e. The van der Waals surface area contributed by atoms with Crippen LogP contribution in [0.2, 0.25) is 10.0 Å². The van der Waals surface area contributed by atoms with Gasteiger partial charge in [0, 0.05) is 21.2 Å². The molecule has 0 aromatic heterocycles. The number of benzene rings is 2. The van der Waals surface area contributed by atoms with Crippen molar-refractivity contribution in [3.05, 3.63) is 61.5 Å². The van der Waals surface area contributed by atoms with Gasteiger partial charge in [-0.15, -0.1) is 0 Å². The summed E-state index contributed by atoms with van der Waals surface area (Å²) in [6, 6.07) is 8.69. The molecule has 8 heteroatoms. The highest BCUT2D eigenvalue weighted by Gasteiger charge is 2.24. The zero-order valence-electron chi connectivity index (χ0n) is 14.9. The highest BCUT2D eigenvalue weighted by molar-refractivity contribution is 9.10. The number of ether oxygens (including phenoxy) is 2. The second-order valence-electron chi connectivity index (χ2n) is 6.01. The maximum absolute atomic E-state index is 11.8. The monoisotopic (exact) mass is 483 g/mol. The van der Waals surface area contributed by atoms with E-state index in [9.17, 15) is 9.59 Å². The lowest BCUT2D eigenvalue weighted by Crippen LogP contribution is -2.19. The topological polar surface area (TPSA) is 64.6 Å². The summed E-state index contributed by atoms with van der Waals surface area (Å²) in [5.74, 6) is 0.315. The standard InChI is InChI=1S/C20H16BrCl2NO4/c1-2-27-19-15(21)6-11(5-12-9-18(25)24-20(12)26)7-17(19)28-10-13-8-14(22)3-4-16(13)23/h3-8H,2,9-10H2,1H3,(H,24,25,26)/b12-5+. The number of halogens is 3. The first-order valence-electron chi connectivity index (χ1n) is 8.45. The number of nitrogens with one attached hydrogen (secondary N) is 1. The van der Waals surface area contributed by atoms with Crippen LogP contribution in [-0.4, -0.2) is 18.4 Å². The number of rotatable bonds is 6. The molecule has 2 aromatic rings. The SMILES string of the molecule is CCOc1c(Br)cc(/C=C2\CC(=O)NC2=O)cc1OCc1cc(Cl)ccc1Cl. The first-order valence-corrected chi connectivity index (χ1v) is 10.00. The second-order valence-corrected chi connectivity index (χ2v) is 7.71. The van der Waals surface area contributed by atoms with E-state index in [1.807, 2.05) is 6.92 Å². The number of carbonyl (C=O) groups is 2. The predicted molar refractivity (Wildman–Crippen MR) is 112 cm³/mol. The molecule has 28 heavy (non-hydrogen) atoms. The zero-order chi connectivity index (χ0) is 20.3. The van der Waals surface area contributed by atoms with Gasteiger partial charge in [0.25, 0.3) is 5.91 Å². The van der Waals surface area contributed by atoms with E-state index in [4.69, 9.17) is 32.7 Å². The zero-order valence-corrected chi connectivity index (χ0v) is 18.0. The fourth-order valence-electron chi connectivity index (χ4n) is 2.69. The molecular weight excluding hydrogens is 469 g/mol. The van der Waals surface area contributed by atoms with Crippen LogP contribution in [0.5, 0.6) is 11.5 Å². The van der Waals surface area contributed by atoms with Crippen LogP contribution in [0.25, 0.3) is 6.08 Å². The van der Waals surface area contributed by atoms with Crippen molar-refractivity contribution in [2.75, 3.05) is 6.61 Å². The fraction of sp³-hybridized carbons (Fsp3) is 0.200. The summed E-state index contributed by atoms with van der Waals surface area (Å²) in [5, 5.41) is 3.37. The average Bonchev–Trinajstić information content (AvgIpc) is 2.95. The van der Waals surface area contributed by atoms with Gasteiger partial charge in [0.05, 0.1) is 17.5 Å². The van der Waals surface area contributed by atoms with Crippen molar-refractivity contribution in [2.24, 2.45) is 0 Å². The molecule has 0 radical (unpaired) electrons. The van der Waals surface area contributed by atoms with Gasteiger partial charge in [-0.05, 0) is 64.8 Å². The molecule has 0 saturated carbocycles. The third kappa shape index (κ3) is 4.87. The summed E-state index contributed by atoms with van der Waals surface area (Å²) in [5.41, 5.74) is 1.82. The lowest BCUT2D eigenvalue weighted by atomic mass is 10.1. The molecule has 5 nitrogen and oxygen atoms in total. The van der Waals surface area contributed by atoms with E-state index in [1.54, 1.807) is 36.4 Å². The highest BCUT2D eigenvalue weighted by atomic mass is 79.9. The Hall–Kier alpha value is -2.02. The van der Waals surface area contributed by atoms with Crippen LogP contribution in [-0.2, 0) is 16.2 Å². The van der Waals surface area contributed by atoms with Gasteiger partial charge in [0.15, 0.2) is 11.5 Å². The van der Waals surface area contributed by atoms with Crippen LogP contribution in [0.4, 0.5) is 0 Å². The van der Waals surface area contributed by atoms with Crippen molar-refractivity contribution in [1.82, 2.24) is 5.32 Å². The molecule has 2 aromatic carbocycles. The van der Waals surface area contributed by atoms with Crippen LogP contribution in [0.15, 0.2) is 40.4 Å². The molecular formula is C20H16BrCl2NO4. The molecule has 1 fully saturated rings. The second kappa shape index (κ2) is 8.99. The van der Waals surface area contributed by atoms with Gasteiger partial charge in [-0.25, -0.2) is 0 Å². The van der Waals surface area contributed by atoms with Crippen molar-refractivity contribution in [3.8, 4) is 11.5 Å². The maximum Gasteiger partial charge on any atom is 0.254 e. The number of carbonyl (C=O) groups excluding carboxylic acids is 2. The average molecular weight is 485 g/mol. The van der Waals surface area contributed by atoms with E-state index in [-0.39, 0.29) is 24.8 Å². The molecule has 1 saturated heterocycles. The van der Waals surface area contributed by atoms with Gasteiger partial charge < -0.3 is 9.47 Å². The normalized spacial score (nSPS) is 15.1. The summed E-state index contributed by atoms with van der Waals surface area (Å²) >= 11 is 15.7. The van der Waals surface area contributed by atoms with Crippen molar-refractivity contribution >= 4 is 57.0 Å². The summed E-state index contributed by atoms with van der Waals surface area (Å²) in [6.45, 7) is 2.50. The van der Waals surface area contributed by atoms with E-state index in [0.29, 0.717) is 43.8 Å². The van der Waals surface area contributed by atoms with Gasteiger partial charge in [0.2, 0.25) is 5.91 Å². The van der Waals surface area contributed by atoms with E-state index in [2.05, 4.69) is 21.2 Å². The number of hydrogen-bond donors (Lipinski definition) is 1. The first-order chi connectivity index (χ1) is 13.4. The molecule has 3 rings (SSSR count). The fourth-order valence-corrected chi connectivity index (χ4v) is 3.64. The highest BCUT2D eigenvalue weighted by Crippen LogP contribution is 2.38. The van der Waals surface area contributed by atoms with Crippen LogP contribution in [0.1, 0.15) is 24.5 Å². The van der Waals surface area contributed by atoms with Gasteiger partial charge in [-0.3, -0.25) is 14.9 Å². The molecule has 1 N–H and O–H groups in total. The Balaban J connectivity index is 1.92. The molecule has 0 unspecified atom stereocenters. The molecule has 146 valence electrons. The van der Waals surface area contributed by atoms with Crippen molar-refractivity contribution in [2.45, 2.75) is 20.0 Å². The van der Waals surface area contributed by atoms with Gasteiger partial charge in [-0.2, -0.15) is 0 Å². The minimum atomic E-state index is -0.386. The predicted octanol–water partition coefficient (Wildman–Crippen LogP) is 5.16. The Morgan fingerprint density at radius 2 is 1.96 bits per heavy atom. The van der Waals surface area contributed by atoms with Gasteiger partial charge >= 0.3 is 0 Å². The Bertz CT molecular complexity index is 975. The summed E-state index contributed by atoms with van der Waals surface area (Å²) in [7, 11) is 0. The van der Waals surface area contributed by atoms with Crippen LogP contribution >= 0.6 is 39.1 Å². The van der Waals surface area contributed by atoms with Crippen LogP contribution < -0.4 is 14.8 Å². The Morgan fingerprint density at radius 1 is 1.18 bits per heavy atom. The van der Waals surface area contributed by atoms with E-state index < -0.39 is 0 Å². The summed E-state index contributed by atoms with van der Waals surface area (Å²) < 4.78 is 12.3. The minimum absolute atomic E-state index is 0.0535. The van der Waals surface area contributed by atoms with Crippen LogP contribution in [0, 0.1) is 0 Å². The smallest absolute Gasteiger partial charge is 0.254 e. The lowest BCUT2D eigenvalue weighted by molar-refractivity contribution is -0.124. The van der Waals surface area contributed by atoms with Crippen LogP contribution in [0.3, 0.4) is 0 Å².